The minimum absolute atomic E-state index is 0.183. The second-order valence-corrected chi connectivity index (χ2v) is 4.48. The summed E-state index contributed by atoms with van der Waals surface area (Å²) in [5, 5.41) is 11.2. The molecule has 1 fully saturated rings. The van der Waals surface area contributed by atoms with Gasteiger partial charge in [0.15, 0.2) is 0 Å². The number of carboxylic acids is 1. The Bertz CT molecular complexity index is 375. The van der Waals surface area contributed by atoms with Gasteiger partial charge in [-0.15, -0.1) is 0 Å². The van der Waals surface area contributed by atoms with Gasteiger partial charge in [-0.2, -0.15) is 0 Å². The van der Waals surface area contributed by atoms with Gasteiger partial charge in [-0.1, -0.05) is 0 Å². The molecular formula is C11H19N3O6. The third-order valence-corrected chi connectivity index (χ3v) is 2.82. The van der Waals surface area contributed by atoms with Crippen molar-refractivity contribution in [1.29, 1.82) is 0 Å². The molecule has 0 aromatic heterocycles. The Hall–Kier alpha value is -1.87. The highest BCUT2D eigenvalue weighted by molar-refractivity contribution is 5.83. The lowest BCUT2D eigenvalue weighted by molar-refractivity contribution is -0.148. The Morgan fingerprint density at radius 2 is 2.20 bits per heavy atom. The summed E-state index contributed by atoms with van der Waals surface area (Å²) in [6, 6.07) is -1.16. The van der Waals surface area contributed by atoms with Crippen LogP contribution in [-0.4, -0.2) is 73.5 Å². The standard InChI is InChI=1S/C11H19N3O6/c1-14(11(12)18)4-9(15)13-7-5-19-3-2-8(7)20-6-10(16)17/h7-8H,2-6H2,1H3,(H2,12,18)(H,13,15)(H,16,17)/t7-,8+/m1/s1. The predicted molar refractivity (Wildman–Crippen MR) is 67.0 cm³/mol. The third kappa shape index (κ3) is 5.41. The monoisotopic (exact) mass is 289 g/mol. The maximum Gasteiger partial charge on any atom is 0.329 e. The maximum atomic E-state index is 11.7. The molecule has 4 N–H and O–H groups in total. The largest absolute Gasteiger partial charge is 0.480 e. The number of nitrogens with one attached hydrogen (secondary N) is 1. The zero-order valence-corrected chi connectivity index (χ0v) is 11.2. The number of urea groups is 1. The normalized spacial score (nSPS) is 22.1. The van der Waals surface area contributed by atoms with Crippen molar-refractivity contribution in [3.63, 3.8) is 0 Å². The van der Waals surface area contributed by atoms with E-state index in [4.69, 9.17) is 20.3 Å². The Labute approximate surface area is 116 Å². The van der Waals surface area contributed by atoms with Crippen molar-refractivity contribution in [3.05, 3.63) is 0 Å². The van der Waals surface area contributed by atoms with E-state index in [1.807, 2.05) is 0 Å². The summed E-state index contributed by atoms with van der Waals surface area (Å²) in [5.74, 6) is -1.49. The van der Waals surface area contributed by atoms with Crippen LogP contribution in [0.4, 0.5) is 4.79 Å². The molecule has 0 bridgehead atoms. The predicted octanol–water partition coefficient (Wildman–Crippen LogP) is -1.63. The molecule has 3 amide bonds. The molecule has 9 heteroatoms. The molecule has 0 unspecified atom stereocenters. The van der Waals surface area contributed by atoms with E-state index in [0.29, 0.717) is 13.0 Å². The minimum atomic E-state index is -1.07. The fourth-order valence-corrected chi connectivity index (χ4v) is 1.78. The lowest BCUT2D eigenvalue weighted by Gasteiger charge is -2.32. The van der Waals surface area contributed by atoms with Gasteiger partial charge in [-0.25, -0.2) is 9.59 Å². The molecule has 0 radical (unpaired) electrons. The van der Waals surface area contributed by atoms with Crippen molar-refractivity contribution in [2.45, 2.75) is 18.6 Å². The van der Waals surface area contributed by atoms with Crippen molar-refractivity contribution in [2.75, 3.05) is 33.4 Å². The lowest BCUT2D eigenvalue weighted by Crippen LogP contribution is -2.53. The van der Waals surface area contributed by atoms with Crippen LogP contribution in [0.5, 0.6) is 0 Å². The number of hydrogen-bond acceptors (Lipinski definition) is 5. The van der Waals surface area contributed by atoms with Gasteiger partial charge < -0.3 is 30.5 Å². The first-order valence-corrected chi connectivity index (χ1v) is 6.11. The van der Waals surface area contributed by atoms with Gasteiger partial charge >= 0.3 is 12.0 Å². The summed E-state index contributed by atoms with van der Waals surface area (Å²) in [6.45, 7) is 0.0594. The number of primary amides is 1. The van der Waals surface area contributed by atoms with E-state index < -0.39 is 36.7 Å². The minimum Gasteiger partial charge on any atom is -0.480 e. The summed E-state index contributed by atoms with van der Waals surface area (Å²) in [4.78, 5) is 34.1. The lowest BCUT2D eigenvalue weighted by atomic mass is 10.1. The van der Waals surface area contributed by atoms with Crippen molar-refractivity contribution in [2.24, 2.45) is 5.73 Å². The van der Waals surface area contributed by atoms with E-state index in [9.17, 15) is 14.4 Å². The van der Waals surface area contributed by atoms with Gasteiger partial charge in [0.1, 0.15) is 13.2 Å². The van der Waals surface area contributed by atoms with Crippen LogP contribution in [0.1, 0.15) is 6.42 Å². The number of carbonyl (C=O) groups is 3. The number of carboxylic acid groups (broad SMARTS) is 1. The highest BCUT2D eigenvalue weighted by Crippen LogP contribution is 2.12. The van der Waals surface area contributed by atoms with E-state index in [0.717, 1.165) is 4.90 Å². The molecule has 0 saturated carbocycles. The fraction of sp³-hybridized carbons (Fsp3) is 0.727. The first-order valence-electron chi connectivity index (χ1n) is 6.11. The van der Waals surface area contributed by atoms with Crippen LogP contribution in [0.2, 0.25) is 0 Å². The molecule has 1 aliphatic heterocycles. The SMILES string of the molecule is CN(CC(=O)N[C@@H]1COCC[C@@H]1OCC(=O)O)C(N)=O. The molecule has 9 nitrogen and oxygen atoms in total. The van der Waals surface area contributed by atoms with E-state index >= 15 is 0 Å². The van der Waals surface area contributed by atoms with Crippen LogP contribution < -0.4 is 11.1 Å². The van der Waals surface area contributed by atoms with Crippen molar-refractivity contribution in [3.8, 4) is 0 Å². The number of aliphatic carboxylic acids is 1. The van der Waals surface area contributed by atoms with Crippen LogP contribution in [-0.2, 0) is 19.1 Å². The van der Waals surface area contributed by atoms with Crippen LogP contribution in [0.3, 0.4) is 0 Å². The molecule has 114 valence electrons. The van der Waals surface area contributed by atoms with Crippen LogP contribution in [0, 0.1) is 0 Å². The van der Waals surface area contributed by atoms with E-state index in [1.54, 1.807) is 0 Å². The first-order chi connectivity index (χ1) is 9.40. The average Bonchev–Trinajstić information content (AvgIpc) is 2.37. The number of rotatable bonds is 6. The molecule has 2 atom stereocenters. The Balaban J connectivity index is 2.47. The Morgan fingerprint density at radius 3 is 2.80 bits per heavy atom. The highest BCUT2D eigenvalue weighted by atomic mass is 16.5. The van der Waals surface area contributed by atoms with E-state index in [1.165, 1.54) is 7.05 Å². The average molecular weight is 289 g/mol. The topological polar surface area (TPSA) is 131 Å². The molecule has 20 heavy (non-hydrogen) atoms. The molecule has 0 spiro atoms. The second-order valence-electron chi connectivity index (χ2n) is 4.48. The van der Waals surface area contributed by atoms with Gasteiger partial charge in [0.25, 0.3) is 0 Å². The molecule has 0 aromatic rings. The highest BCUT2D eigenvalue weighted by Gasteiger charge is 2.28. The van der Waals surface area contributed by atoms with E-state index in [-0.39, 0.29) is 13.2 Å². The van der Waals surface area contributed by atoms with Gasteiger partial charge in [0.2, 0.25) is 5.91 Å². The van der Waals surface area contributed by atoms with Gasteiger partial charge in [0.05, 0.1) is 18.8 Å². The fourth-order valence-electron chi connectivity index (χ4n) is 1.78. The summed E-state index contributed by atoms with van der Waals surface area (Å²) >= 11 is 0. The Morgan fingerprint density at radius 1 is 1.50 bits per heavy atom. The summed E-state index contributed by atoms with van der Waals surface area (Å²) in [5.41, 5.74) is 5.02. The molecular weight excluding hydrogens is 270 g/mol. The van der Waals surface area contributed by atoms with Crippen LogP contribution in [0.25, 0.3) is 0 Å². The molecule has 1 aliphatic rings. The third-order valence-electron chi connectivity index (χ3n) is 2.82. The zero-order chi connectivity index (χ0) is 15.1. The number of hydrogen-bond donors (Lipinski definition) is 3. The number of nitrogens with two attached hydrogens (primary N) is 1. The number of carbonyl (C=O) groups excluding carboxylic acids is 2. The van der Waals surface area contributed by atoms with Gasteiger partial charge in [0, 0.05) is 13.7 Å². The number of nitrogens with zero attached hydrogens (tertiary/aromatic N) is 1. The molecule has 1 heterocycles. The number of likely N-dealkylation sites (N-methyl/N-ethyl adjacent to an activating group) is 1. The molecule has 0 aliphatic carbocycles. The summed E-state index contributed by atoms with van der Waals surface area (Å²) < 4.78 is 10.4. The molecule has 0 aromatic carbocycles. The quantitative estimate of drug-likeness (QED) is 0.538. The van der Waals surface area contributed by atoms with Crippen LogP contribution in [0.15, 0.2) is 0 Å². The van der Waals surface area contributed by atoms with E-state index in [2.05, 4.69) is 5.32 Å². The number of amides is 3. The van der Waals surface area contributed by atoms with Crippen molar-refractivity contribution in [1.82, 2.24) is 10.2 Å². The van der Waals surface area contributed by atoms with Crippen molar-refractivity contribution < 1.29 is 29.0 Å². The first kappa shape index (κ1) is 16.2. The van der Waals surface area contributed by atoms with Gasteiger partial charge in [-0.05, 0) is 6.42 Å². The Kier molecular flexibility index (Phi) is 6.19. The van der Waals surface area contributed by atoms with Crippen molar-refractivity contribution >= 4 is 17.9 Å². The van der Waals surface area contributed by atoms with Gasteiger partial charge in [-0.3, -0.25) is 4.79 Å². The smallest absolute Gasteiger partial charge is 0.329 e. The summed E-state index contributed by atoms with van der Waals surface area (Å²) in [6.07, 6.45) is 0.0619. The zero-order valence-electron chi connectivity index (χ0n) is 11.2. The molecule has 1 rings (SSSR count). The molecule has 1 saturated heterocycles. The second kappa shape index (κ2) is 7.65. The number of ether oxygens (including phenoxy) is 2. The van der Waals surface area contributed by atoms with Crippen LogP contribution >= 0.6 is 0 Å². The summed E-state index contributed by atoms with van der Waals surface area (Å²) in [7, 11) is 1.40. The maximum absolute atomic E-state index is 11.7.